The van der Waals surface area contributed by atoms with Crippen molar-refractivity contribution in [2.75, 3.05) is 11.9 Å². The van der Waals surface area contributed by atoms with E-state index in [1.54, 1.807) is 18.2 Å². The summed E-state index contributed by atoms with van der Waals surface area (Å²) in [5.74, 6) is -0.0529. The molecule has 2 N–H and O–H groups in total. The molecule has 0 amide bonds. The van der Waals surface area contributed by atoms with Crippen molar-refractivity contribution in [1.82, 2.24) is 0 Å². The number of carboxylic acids is 1. The van der Waals surface area contributed by atoms with Crippen LogP contribution in [0.15, 0.2) is 18.2 Å². The zero-order valence-corrected chi connectivity index (χ0v) is 10.8. The highest BCUT2D eigenvalue weighted by Crippen LogP contribution is 2.61. The van der Waals surface area contributed by atoms with Crippen LogP contribution in [0.2, 0.25) is 5.02 Å². The molecule has 2 fully saturated rings. The monoisotopic (exact) mass is 265 g/mol. The molecule has 1 aromatic carbocycles. The number of halogens is 1. The van der Waals surface area contributed by atoms with E-state index in [2.05, 4.69) is 5.32 Å². The Morgan fingerprint density at radius 1 is 1.44 bits per heavy atom. The van der Waals surface area contributed by atoms with Gasteiger partial charge in [0.25, 0.3) is 0 Å². The third-order valence-electron chi connectivity index (χ3n) is 4.18. The van der Waals surface area contributed by atoms with Gasteiger partial charge < -0.3 is 10.4 Å². The van der Waals surface area contributed by atoms with Crippen molar-refractivity contribution in [2.45, 2.75) is 25.7 Å². The normalized spacial score (nSPS) is 20.5. The molecule has 1 aromatic rings. The fourth-order valence-corrected chi connectivity index (χ4v) is 2.88. The van der Waals surface area contributed by atoms with Gasteiger partial charge in [0.05, 0.1) is 11.3 Å². The Morgan fingerprint density at radius 3 is 2.72 bits per heavy atom. The molecular formula is C14H16ClNO2. The van der Waals surface area contributed by atoms with Gasteiger partial charge in [-0.1, -0.05) is 11.6 Å². The number of hydrogen-bond acceptors (Lipinski definition) is 2. The van der Waals surface area contributed by atoms with Crippen molar-refractivity contribution in [3.8, 4) is 0 Å². The molecule has 3 nitrogen and oxygen atoms in total. The molecule has 0 aliphatic heterocycles. The fraction of sp³-hybridized carbons (Fsp3) is 0.500. The van der Waals surface area contributed by atoms with Crippen LogP contribution in [0.4, 0.5) is 5.69 Å². The van der Waals surface area contributed by atoms with Gasteiger partial charge in [-0.15, -0.1) is 0 Å². The Balaban J connectivity index is 1.75. The Morgan fingerprint density at radius 2 is 2.17 bits per heavy atom. The summed E-state index contributed by atoms with van der Waals surface area (Å²) in [5, 5.41) is 13.0. The molecule has 18 heavy (non-hydrogen) atoms. The largest absolute Gasteiger partial charge is 0.478 e. The van der Waals surface area contributed by atoms with Gasteiger partial charge >= 0.3 is 5.97 Å². The van der Waals surface area contributed by atoms with Crippen LogP contribution in [0.3, 0.4) is 0 Å². The topological polar surface area (TPSA) is 49.3 Å². The van der Waals surface area contributed by atoms with E-state index in [1.165, 1.54) is 25.7 Å². The van der Waals surface area contributed by atoms with Gasteiger partial charge in [0.2, 0.25) is 0 Å². The molecule has 0 heterocycles. The average Bonchev–Trinajstić information content (AvgIpc) is 3.18. The van der Waals surface area contributed by atoms with E-state index in [0.717, 1.165) is 12.5 Å². The van der Waals surface area contributed by atoms with Crippen LogP contribution >= 0.6 is 11.6 Å². The Kier molecular flexibility index (Phi) is 2.74. The minimum absolute atomic E-state index is 0.297. The number of carboxylic acid groups (broad SMARTS) is 1. The maximum absolute atomic E-state index is 11.1. The van der Waals surface area contributed by atoms with Gasteiger partial charge in [-0.3, -0.25) is 0 Å². The number of anilines is 1. The SMILES string of the molecule is O=C(O)c1ccc(Cl)cc1NCC1(C2CC2)CC1. The molecule has 0 saturated heterocycles. The van der Waals surface area contributed by atoms with E-state index >= 15 is 0 Å². The van der Waals surface area contributed by atoms with Crippen molar-refractivity contribution in [3.05, 3.63) is 28.8 Å². The Bertz CT molecular complexity index is 493. The van der Waals surface area contributed by atoms with E-state index < -0.39 is 5.97 Å². The number of aromatic carboxylic acids is 1. The van der Waals surface area contributed by atoms with Crippen LogP contribution in [0.1, 0.15) is 36.0 Å². The van der Waals surface area contributed by atoms with E-state index in [-0.39, 0.29) is 0 Å². The molecule has 0 bridgehead atoms. The van der Waals surface area contributed by atoms with Crippen molar-refractivity contribution >= 4 is 23.3 Å². The highest BCUT2D eigenvalue weighted by Gasteiger charge is 2.53. The molecule has 2 aliphatic carbocycles. The molecule has 0 spiro atoms. The Hall–Kier alpha value is -1.22. The maximum atomic E-state index is 11.1. The van der Waals surface area contributed by atoms with E-state index in [0.29, 0.717) is 21.7 Å². The fourth-order valence-electron chi connectivity index (χ4n) is 2.71. The third kappa shape index (κ3) is 2.19. The van der Waals surface area contributed by atoms with Crippen LogP contribution in [-0.2, 0) is 0 Å². The molecule has 2 aliphatic rings. The van der Waals surface area contributed by atoms with Crippen LogP contribution < -0.4 is 5.32 Å². The smallest absolute Gasteiger partial charge is 0.337 e. The van der Waals surface area contributed by atoms with Crippen LogP contribution in [0.5, 0.6) is 0 Å². The van der Waals surface area contributed by atoms with E-state index in [1.807, 2.05) is 0 Å². The third-order valence-corrected chi connectivity index (χ3v) is 4.41. The molecule has 3 rings (SSSR count). The predicted molar refractivity (Wildman–Crippen MR) is 71.3 cm³/mol. The molecule has 2 saturated carbocycles. The van der Waals surface area contributed by atoms with Crippen molar-refractivity contribution < 1.29 is 9.90 Å². The first kappa shape index (κ1) is 11.8. The summed E-state index contributed by atoms with van der Waals surface area (Å²) >= 11 is 5.93. The number of hydrogen-bond donors (Lipinski definition) is 2. The minimum atomic E-state index is -0.912. The number of rotatable bonds is 5. The Labute approximate surface area is 111 Å². The standard InChI is InChI=1S/C14H16ClNO2/c15-10-3-4-11(13(17)18)12(7-10)16-8-14(5-6-14)9-1-2-9/h3-4,7,9,16H,1-2,5-6,8H2,(H,17,18). The second kappa shape index (κ2) is 4.16. The molecule has 96 valence electrons. The van der Waals surface area contributed by atoms with Crippen molar-refractivity contribution in [3.63, 3.8) is 0 Å². The van der Waals surface area contributed by atoms with Crippen molar-refractivity contribution in [1.29, 1.82) is 0 Å². The molecule has 4 heteroatoms. The summed E-state index contributed by atoms with van der Waals surface area (Å²) in [6.45, 7) is 0.873. The second-order valence-electron chi connectivity index (χ2n) is 5.49. The highest BCUT2D eigenvalue weighted by molar-refractivity contribution is 6.31. The first-order valence-corrected chi connectivity index (χ1v) is 6.75. The predicted octanol–water partition coefficient (Wildman–Crippen LogP) is 3.64. The summed E-state index contributed by atoms with van der Waals surface area (Å²) in [7, 11) is 0. The first-order chi connectivity index (χ1) is 8.61. The summed E-state index contributed by atoms with van der Waals surface area (Å²) in [4.78, 5) is 11.1. The maximum Gasteiger partial charge on any atom is 0.337 e. The molecule has 0 unspecified atom stereocenters. The zero-order chi connectivity index (χ0) is 12.8. The first-order valence-electron chi connectivity index (χ1n) is 6.37. The molecule has 0 aromatic heterocycles. The summed E-state index contributed by atoms with van der Waals surface area (Å²) in [5.41, 5.74) is 1.38. The quantitative estimate of drug-likeness (QED) is 0.855. The van der Waals surface area contributed by atoms with Gasteiger partial charge in [0.1, 0.15) is 0 Å². The molecular weight excluding hydrogens is 250 g/mol. The van der Waals surface area contributed by atoms with Gasteiger partial charge in [0.15, 0.2) is 0 Å². The minimum Gasteiger partial charge on any atom is -0.478 e. The number of nitrogens with one attached hydrogen (secondary N) is 1. The lowest BCUT2D eigenvalue weighted by Crippen LogP contribution is -2.18. The lowest BCUT2D eigenvalue weighted by atomic mass is 10.0. The number of benzene rings is 1. The highest BCUT2D eigenvalue weighted by atomic mass is 35.5. The van der Waals surface area contributed by atoms with Crippen LogP contribution in [-0.4, -0.2) is 17.6 Å². The lowest BCUT2D eigenvalue weighted by molar-refractivity contribution is 0.0698. The van der Waals surface area contributed by atoms with Gasteiger partial charge in [-0.25, -0.2) is 4.79 Å². The second-order valence-corrected chi connectivity index (χ2v) is 5.92. The van der Waals surface area contributed by atoms with Crippen molar-refractivity contribution in [2.24, 2.45) is 11.3 Å². The van der Waals surface area contributed by atoms with Gasteiger partial charge in [-0.05, 0) is 55.2 Å². The molecule has 0 atom stereocenters. The van der Waals surface area contributed by atoms with Gasteiger partial charge in [-0.2, -0.15) is 0 Å². The lowest BCUT2D eigenvalue weighted by Gasteiger charge is -2.17. The average molecular weight is 266 g/mol. The van der Waals surface area contributed by atoms with E-state index in [4.69, 9.17) is 16.7 Å². The van der Waals surface area contributed by atoms with E-state index in [9.17, 15) is 4.79 Å². The number of carbonyl (C=O) groups is 1. The molecule has 0 radical (unpaired) electrons. The zero-order valence-electron chi connectivity index (χ0n) is 10.1. The van der Waals surface area contributed by atoms with Gasteiger partial charge in [0, 0.05) is 11.6 Å². The summed E-state index contributed by atoms with van der Waals surface area (Å²) in [6.07, 6.45) is 5.22. The summed E-state index contributed by atoms with van der Waals surface area (Å²) < 4.78 is 0. The summed E-state index contributed by atoms with van der Waals surface area (Å²) in [6, 6.07) is 4.88. The van der Waals surface area contributed by atoms with Crippen LogP contribution in [0, 0.1) is 11.3 Å². The van der Waals surface area contributed by atoms with Crippen LogP contribution in [0.25, 0.3) is 0 Å².